The third-order valence-electron chi connectivity index (χ3n) is 6.27. The van der Waals surface area contributed by atoms with Crippen molar-refractivity contribution < 1.29 is 9.53 Å². The van der Waals surface area contributed by atoms with Crippen molar-refractivity contribution in [2.45, 2.75) is 24.9 Å². The first kappa shape index (κ1) is 19.0. The largest absolute Gasteiger partial charge is 0.377 e. The maximum atomic E-state index is 12.8. The minimum absolute atomic E-state index is 0.247. The Balaban J connectivity index is 1.19. The molecule has 1 amide bonds. The third kappa shape index (κ3) is 3.21. The van der Waals surface area contributed by atoms with E-state index in [0.29, 0.717) is 29.3 Å². The molecule has 32 heavy (non-hydrogen) atoms. The van der Waals surface area contributed by atoms with Crippen LogP contribution in [0.15, 0.2) is 48.7 Å². The van der Waals surface area contributed by atoms with E-state index in [0.717, 1.165) is 48.6 Å². The number of rotatable bonds is 4. The fourth-order valence-electron chi connectivity index (χ4n) is 4.69. The van der Waals surface area contributed by atoms with Crippen LogP contribution in [-0.4, -0.2) is 55.9 Å². The molecule has 2 N–H and O–H groups in total. The van der Waals surface area contributed by atoms with Crippen LogP contribution in [0.5, 0.6) is 0 Å². The maximum absolute atomic E-state index is 12.8. The fourth-order valence-corrected chi connectivity index (χ4v) is 4.69. The van der Waals surface area contributed by atoms with Crippen molar-refractivity contribution in [2.24, 2.45) is 7.05 Å². The molecule has 2 aliphatic rings. The molecule has 0 saturated carbocycles. The van der Waals surface area contributed by atoms with Gasteiger partial charge in [0.2, 0.25) is 0 Å². The molecule has 2 bridgehead atoms. The van der Waals surface area contributed by atoms with E-state index in [1.54, 1.807) is 10.9 Å². The average Bonchev–Trinajstić information content (AvgIpc) is 3.46. The number of hydrogen-bond acceptors (Lipinski definition) is 6. The van der Waals surface area contributed by atoms with E-state index in [-0.39, 0.29) is 5.91 Å². The Morgan fingerprint density at radius 1 is 1.16 bits per heavy atom. The molecule has 1 aromatic carbocycles. The van der Waals surface area contributed by atoms with Crippen LogP contribution < -0.4 is 10.2 Å². The van der Waals surface area contributed by atoms with Crippen molar-refractivity contribution in [2.75, 3.05) is 23.4 Å². The monoisotopic (exact) mass is 429 g/mol. The highest BCUT2D eigenvalue weighted by Crippen LogP contribution is 2.32. The standard InChI is InChI=1S/C23H23N7O2/c1-29-19(22-25-17-4-2-3-5-18(17)26-22)10-20(28-29)27-23(31)14-6-9-21(24-11-14)30-15-7-8-16(30)13-32-12-15/h2-6,9-11,15-16H,7-8,12-13H2,1H3,(H,25,26)(H,27,28,31). The SMILES string of the molecule is Cn1nc(NC(=O)c2ccc(N3C4CCC3COC4)nc2)cc1-c1nc2ccccc2[nH]1. The molecule has 4 aromatic rings. The van der Waals surface area contributed by atoms with Gasteiger partial charge in [0.25, 0.3) is 5.91 Å². The van der Waals surface area contributed by atoms with Gasteiger partial charge in [-0.2, -0.15) is 5.10 Å². The molecule has 2 saturated heterocycles. The van der Waals surface area contributed by atoms with E-state index in [1.165, 1.54) is 0 Å². The fraction of sp³-hybridized carbons (Fsp3) is 0.304. The minimum atomic E-state index is -0.247. The van der Waals surface area contributed by atoms with Crippen LogP contribution in [0.4, 0.5) is 11.6 Å². The number of hydrogen-bond donors (Lipinski definition) is 2. The number of amides is 1. The number of H-pyrrole nitrogens is 1. The van der Waals surface area contributed by atoms with Gasteiger partial charge in [0.15, 0.2) is 11.6 Å². The number of nitrogens with zero attached hydrogens (tertiary/aromatic N) is 5. The molecule has 9 nitrogen and oxygen atoms in total. The van der Waals surface area contributed by atoms with Crippen molar-refractivity contribution >= 4 is 28.6 Å². The lowest BCUT2D eigenvalue weighted by Gasteiger charge is -2.35. The van der Waals surface area contributed by atoms with E-state index in [1.807, 2.05) is 49.5 Å². The second-order valence-corrected chi connectivity index (χ2v) is 8.33. The lowest BCUT2D eigenvalue weighted by atomic mass is 10.2. The summed E-state index contributed by atoms with van der Waals surface area (Å²) in [4.78, 5) is 27.6. The molecule has 0 radical (unpaired) electrons. The van der Waals surface area contributed by atoms with Crippen LogP contribution in [0, 0.1) is 0 Å². The van der Waals surface area contributed by atoms with Crippen molar-refractivity contribution in [1.29, 1.82) is 0 Å². The lowest BCUT2D eigenvalue weighted by molar-refractivity contribution is 0.0902. The number of para-hydroxylation sites is 2. The Morgan fingerprint density at radius 2 is 1.97 bits per heavy atom. The minimum Gasteiger partial charge on any atom is -0.377 e. The van der Waals surface area contributed by atoms with Gasteiger partial charge in [-0.15, -0.1) is 0 Å². The topological polar surface area (TPSA) is 101 Å². The summed E-state index contributed by atoms with van der Waals surface area (Å²) in [5.74, 6) is 1.82. The summed E-state index contributed by atoms with van der Waals surface area (Å²) >= 11 is 0. The molecule has 2 atom stereocenters. The van der Waals surface area contributed by atoms with Crippen LogP contribution in [0.2, 0.25) is 0 Å². The Kier molecular flexibility index (Phi) is 4.43. The Morgan fingerprint density at radius 3 is 2.72 bits per heavy atom. The zero-order chi connectivity index (χ0) is 21.7. The predicted octanol–water partition coefficient (Wildman–Crippen LogP) is 2.98. The molecule has 2 unspecified atom stereocenters. The number of nitrogens with one attached hydrogen (secondary N) is 2. The summed E-state index contributed by atoms with van der Waals surface area (Å²) in [5, 5.41) is 7.29. The number of fused-ring (bicyclic) bond motifs is 3. The Labute approximate surface area is 184 Å². The van der Waals surface area contributed by atoms with Crippen molar-refractivity contribution in [3.63, 3.8) is 0 Å². The number of aryl methyl sites for hydroxylation is 1. The lowest BCUT2D eigenvalue weighted by Crippen LogP contribution is -2.46. The summed E-state index contributed by atoms with van der Waals surface area (Å²) in [6, 6.07) is 14.1. The highest BCUT2D eigenvalue weighted by molar-refractivity contribution is 6.03. The van der Waals surface area contributed by atoms with Gasteiger partial charge in [-0.05, 0) is 37.1 Å². The summed E-state index contributed by atoms with van der Waals surface area (Å²) in [6.07, 6.45) is 3.88. The van der Waals surface area contributed by atoms with Crippen molar-refractivity contribution in [1.82, 2.24) is 24.7 Å². The molecule has 162 valence electrons. The number of anilines is 2. The zero-order valence-corrected chi connectivity index (χ0v) is 17.7. The number of benzene rings is 1. The van der Waals surface area contributed by atoms with Gasteiger partial charge >= 0.3 is 0 Å². The highest BCUT2D eigenvalue weighted by Gasteiger charge is 2.38. The number of aromatic nitrogens is 5. The Hall–Kier alpha value is -3.72. The number of carbonyl (C=O) groups excluding carboxylic acids is 1. The van der Waals surface area contributed by atoms with E-state index in [4.69, 9.17) is 4.74 Å². The average molecular weight is 429 g/mol. The van der Waals surface area contributed by atoms with Gasteiger partial charge < -0.3 is 19.9 Å². The molecule has 0 spiro atoms. The zero-order valence-electron chi connectivity index (χ0n) is 17.7. The van der Waals surface area contributed by atoms with E-state index >= 15 is 0 Å². The Bertz CT molecular complexity index is 1240. The second-order valence-electron chi connectivity index (χ2n) is 8.33. The predicted molar refractivity (Wildman–Crippen MR) is 121 cm³/mol. The number of pyridine rings is 1. The number of ether oxygens (including phenoxy) is 1. The van der Waals surface area contributed by atoms with Gasteiger partial charge in [-0.25, -0.2) is 9.97 Å². The molecular weight excluding hydrogens is 406 g/mol. The van der Waals surface area contributed by atoms with Gasteiger partial charge in [-0.3, -0.25) is 9.48 Å². The maximum Gasteiger partial charge on any atom is 0.258 e. The second kappa shape index (κ2) is 7.45. The van der Waals surface area contributed by atoms with Crippen molar-refractivity contribution in [3.05, 3.63) is 54.2 Å². The number of morpholine rings is 1. The number of carbonyl (C=O) groups is 1. The van der Waals surface area contributed by atoms with Crippen LogP contribution in [-0.2, 0) is 11.8 Å². The van der Waals surface area contributed by atoms with E-state index in [9.17, 15) is 4.79 Å². The highest BCUT2D eigenvalue weighted by atomic mass is 16.5. The van der Waals surface area contributed by atoms with Gasteiger partial charge in [0.05, 0.1) is 41.9 Å². The van der Waals surface area contributed by atoms with Gasteiger partial charge in [0.1, 0.15) is 11.5 Å². The van der Waals surface area contributed by atoms with Gasteiger partial charge in [-0.1, -0.05) is 12.1 Å². The van der Waals surface area contributed by atoms with Crippen molar-refractivity contribution in [3.8, 4) is 11.5 Å². The normalized spacial score (nSPS) is 20.1. The quantitative estimate of drug-likeness (QED) is 0.517. The molecular formula is C23H23N7O2. The first-order valence-electron chi connectivity index (χ1n) is 10.8. The summed E-state index contributed by atoms with van der Waals surface area (Å²) in [7, 11) is 1.82. The van der Waals surface area contributed by atoms with Crippen LogP contribution in [0.1, 0.15) is 23.2 Å². The van der Waals surface area contributed by atoms with Crippen LogP contribution >= 0.6 is 0 Å². The number of imidazole rings is 1. The first-order valence-corrected chi connectivity index (χ1v) is 10.8. The third-order valence-corrected chi connectivity index (χ3v) is 6.27. The van der Waals surface area contributed by atoms with E-state index < -0.39 is 0 Å². The number of aromatic amines is 1. The van der Waals surface area contributed by atoms with Crippen LogP contribution in [0.25, 0.3) is 22.6 Å². The van der Waals surface area contributed by atoms with Gasteiger partial charge in [0, 0.05) is 19.3 Å². The first-order chi connectivity index (χ1) is 15.7. The molecule has 9 heteroatoms. The molecule has 2 fully saturated rings. The molecule has 2 aliphatic heterocycles. The summed E-state index contributed by atoms with van der Waals surface area (Å²) < 4.78 is 7.35. The molecule has 5 heterocycles. The van der Waals surface area contributed by atoms with Crippen LogP contribution in [0.3, 0.4) is 0 Å². The van der Waals surface area contributed by atoms with E-state index in [2.05, 4.69) is 30.3 Å². The molecule has 0 aliphatic carbocycles. The summed E-state index contributed by atoms with van der Waals surface area (Å²) in [5.41, 5.74) is 3.11. The summed E-state index contributed by atoms with van der Waals surface area (Å²) in [6.45, 7) is 1.49. The molecule has 3 aromatic heterocycles. The smallest absolute Gasteiger partial charge is 0.258 e. The molecule has 6 rings (SSSR count).